The summed E-state index contributed by atoms with van der Waals surface area (Å²) in [6, 6.07) is 0. The van der Waals surface area contributed by atoms with E-state index in [0.717, 1.165) is 26.4 Å². The molecule has 9 nitrogen and oxygen atoms in total. The highest BCUT2D eigenvalue weighted by molar-refractivity contribution is 6.13. The molecule has 0 aromatic heterocycles. The number of ether oxygens (including phenoxy) is 4. The van der Waals surface area contributed by atoms with Crippen LogP contribution in [-0.2, 0) is 42.9 Å². The van der Waals surface area contributed by atoms with E-state index in [0.29, 0.717) is 0 Å². The maximum atomic E-state index is 12.4. The molecule has 25 heavy (non-hydrogen) atoms. The van der Waals surface area contributed by atoms with E-state index in [1.165, 1.54) is 13.8 Å². The van der Waals surface area contributed by atoms with Gasteiger partial charge in [-0.05, 0) is 20.8 Å². The Morgan fingerprint density at radius 1 is 1.20 bits per heavy atom. The Kier molecular flexibility index (Phi) is 6.60. The molecule has 0 radical (unpaired) electrons. The van der Waals surface area contributed by atoms with E-state index in [-0.39, 0.29) is 6.61 Å². The first-order valence-electron chi connectivity index (χ1n) is 7.26. The van der Waals surface area contributed by atoms with Gasteiger partial charge in [-0.15, -0.1) is 0 Å². The van der Waals surface area contributed by atoms with Gasteiger partial charge >= 0.3 is 17.9 Å². The van der Waals surface area contributed by atoms with Crippen LogP contribution >= 0.6 is 0 Å². The Balaban J connectivity index is 3.41. The van der Waals surface area contributed by atoms with Gasteiger partial charge in [0.2, 0.25) is 11.4 Å². The largest absolute Gasteiger partial charge is 0.466 e. The van der Waals surface area contributed by atoms with E-state index in [9.17, 15) is 24.0 Å². The van der Waals surface area contributed by atoms with Crippen LogP contribution in [0.3, 0.4) is 0 Å². The highest BCUT2D eigenvalue weighted by Gasteiger charge is 2.58. The average Bonchev–Trinajstić information content (AvgIpc) is 2.79. The molecule has 0 aromatic carbocycles. The standard InChI is InChI=1S/C16H18O9/c1-5-23-15(21)16(8-9(2)17)12(10(3)18)13(14(20)25-16)24-7-6-11(19)22-4/h6-7H,5,8H2,1-4H3/b7-6+. The second kappa shape index (κ2) is 8.22. The van der Waals surface area contributed by atoms with Crippen molar-refractivity contribution >= 4 is 29.5 Å². The van der Waals surface area contributed by atoms with E-state index < -0.39 is 52.8 Å². The molecule has 1 unspecified atom stereocenters. The number of cyclic esters (lactones) is 1. The normalized spacial score (nSPS) is 19.6. The third kappa shape index (κ3) is 4.31. The van der Waals surface area contributed by atoms with E-state index in [1.807, 2.05) is 0 Å². The molecule has 1 atom stereocenters. The number of ketones is 2. The summed E-state index contributed by atoms with van der Waals surface area (Å²) in [7, 11) is 1.13. The Bertz CT molecular complexity index is 671. The van der Waals surface area contributed by atoms with Crippen molar-refractivity contribution in [1.29, 1.82) is 0 Å². The van der Waals surface area contributed by atoms with Crippen LogP contribution in [0.4, 0.5) is 0 Å². The maximum absolute atomic E-state index is 12.4. The van der Waals surface area contributed by atoms with Gasteiger partial charge in [0.15, 0.2) is 5.78 Å². The average molecular weight is 354 g/mol. The number of rotatable bonds is 8. The SMILES string of the molecule is CCOC(=O)C1(CC(C)=O)OC(=O)C(O/C=C/C(=O)OC)=C1C(C)=O. The molecule has 1 aliphatic rings. The molecule has 1 aliphatic heterocycles. The first kappa shape index (κ1) is 20.1. The number of hydrogen-bond acceptors (Lipinski definition) is 9. The Hall–Kier alpha value is -2.97. The molecule has 1 heterocycles. The summed E-state index contributed by atoms with van der Waals surface area (Å²) in [5, 5.41) is 0. The van der Waals surface area contributed by atoms with Crippen LogP contribution < -0.4 is 0 Å². The molecule has 0 saturated heterocycles. The van der Waals surface area contributed by atoms with Gasteiger partial charge in [0.1, 0.15) is 11.4 Å². The molecule has 0 bridgehead atoms. The molecule has 0 aromatic rings. The second-order valence-electron chi connectivity index (χ2n) is 5.02. The van der Waals surface area contributed by atoms with Crippen LogP contribution in [0.15, 0.2) is 23.7 Å². The molecular weight excluding hydrogens is 336 g/mol. The van der Waals surface area contributed by atoms with Crippen molar-refractivity contribution in [3.05, 3.63) is 23.7 Å². The maximum Gasteiger partial charge on any atom is 0.376 e. The molecule has 136 valence electrons. The minimum Gasteiger partial charge on any atom is -0.466 e. The molecule has 0 N–H and O–H groups in total. The summed E-state index contributed by atoms with van der Waals surface area (Å²) >= 11 is 0. The molecule has 0 spiro atoms. The predicted octanol–water partition coefficient (Wildman–Crippen LogP) is 0.371. The Labute approximate surface area is 143 Å². The highest BCUT2D eigenvalue weighted by atomic mass is 16.6. The smallest absolute Gasteiger partial charge is 0.376 e. The van der Waals surface area contributed by atoms with Crippen molar-refractivity contribution in [3.8, 4) is 0 Å². The van der Waals surface area contributed by atoms with E-state index in [4.69, 9.17) is 14.2 Å². The van der Waals surface area contributed by atoms with Crippen molar-refractivity contribution in [2.24, 2.45) is 0 Å². The lowest BCUT2D eigenvalue weighted by Crippen LogP contribution is -2.46. The Morgan fingerprint density at radius 2 is 1.84 bits per heavy atom. The number of methoxy groups -OCH3 is 1. The number of esters is 3. The quantitative estimate of drug-likeness (QED) is 0.263. The molecule has 0 fully saturated rings. The van der Waals surface area contributed by atoms with E-state index >= 15 is 0 Å². The molecule has 9 heteroatoms. The number of carbonyl (C=O) groups excluding carboxylic acids is 5. The summed E-state index contributed by atoms with van der Waals surface area (Å²) in [5.74, 6) is -4.78. The summed E-state index contributed by atoms with van der Waals surface area (Å²) in [5.41, 5.74) is -2.65. The number of Topliss-reactive ketones (excluding diaryl/α,β-unsaturated/α-hetero) is 2. The summed E-state index contributed by atoms with van der Waals surface area (Å²) in [4.78, 5) is 59.2. The zero-order chi connectivity index (χ0) is 19.2. The van der Waals surface area contributed by atoms with Gasteiger partial charge in [0, 0.05) is 0 Å². The zero-order valence-electron chi connectivity index (χ0n) is 14.2. The minimum atomic E-state index is -2.21. The first-order chi connectivity index (χ1) is 11.7. The molecule has 0 amide bonds. The van der Waals surface area contributed by atoms with Crippen molar-refractivity contribution in [2.45, 2.75) is 32.8 Å². The van der Waals surface area contributed by atoms with Crippen molar-refractivity contribution in [1.82, 2.24) is 0 Å². The number of carbonyl (C=O) groups is 5. The fraction of sp³-hybridized carbons (Fsp3) is 0.438. The van der Waals surface area contributed by atoms with E-state index in [1.54, 1.807) is 0 Å². The van der Waals surface area contributed by atoms with Gasteiger partial charge in [-0.1, -0.05) is 0 Å². The van der Waals surface area contributed by atoms with Gasteiger partial charge in [0.25, 0.3) is 0 Å². The van der Waals surface area contributed by atoms with Crippen molar-refractivity contribution in [2.75, 3.05) is 13.7 Å². The molecule has 0 saturated carbocycles. The Morgan fingerprint density at radius 3 is 2.32 bits per heavy atom. The summed E-state index contributed by atoms with van der Waals surface area (Å²) in [6.07, 6.45) is 1.08. The molecular formula is C16H18O9. The predicted molar refractivity (Wildman–Crippen MR) is 80.7 cm³/mol. The second-order valence-corrected chi connectivity index (χ2v) is 5.02. The monoisotopic (exact) mass is 354 g/mol. The first-order valence-corrected chi connectivity index (χ1v) is 7.26. The van der Waals surface area contributed by atoms with Crippen LogP contribution in [0.25, 0.3) is 0 Å². The third-order valence-corrected chi connectivity index (χ3v) is 3.13. The van der Waals surface area contributed by atoms with Gasteiger partial charge in [0.05, 0.1) is 32.5 Å². The zero-order valence-corrected chi connectivity index (χ0v) is 14.2. The fourth-order valence-electron chi connectivity index (χ4n) is 2.26. The van der Waals surface area contributed by atoms with Gasteiger partial charge in [-0.2, -0.15) is 0 Å². The van der Waals surface area contributed by atoms with Gasteiger partial charge < -0.3 is 18.9 Å². The van der Waals surface area contributed by atoms with Crippen LogP contribution in [0.2, 0.25) is 0 Å². The third-order valence-electron chi connectivity index (χ3n) is 3.13. The number of hydrogen-bond donors (Lipinski definition) is 0. The minimum absolute atomic E-state index is 0.0559. The topological polar surface area (TPSA) is 122 Å². The van der Waals surface area contributed by atoms with Crippen LogP contribution in [-0.4, -0.2) is 48.8 Å². The lowest BCUT2D eigenvalue weighted by atomic mass is 9.86. The van der Waals surface area contributed by atoms with Gasteiger partial charge in [-0.3, -0.25) is 9.59 Å². The lowest BCUT2D eigenvalue weighted by Gasteiger charge is -2.25. The van der Waals surface area contributed by atoms with Crippen molar-refractivity contribution < 1.29 is 42.9 Å². The van der Waals surface area contributed by atoms with E-state index in [2.05, 4.69) is 4.74 Å². The van der Waals surface area contributed by atoms with Crippen LogP contribution in [0.1, 0.15) is 27.2 Å². The lowest BCUT2D eigenvalue weighted by molar-refractivity contribution is -0.174. The molecule has 0 aliphatic carbocycles. The molecule has 1 rings (SSSR count). The van der Waals surface area contributed by atoms with Crippen LogP contribution in [0.5, 0.6) is 0 Å². The van der Waals surface area contributed by atoms with Crippen LogP contribution in [0, 0.1) is 0 Å². The fourth-order valence-corrected chi connectivity index (χ4v) is 2.26. The summed E-state index contributed by atoms with van der Waals surface area (Å²) in [6.45, 7) is 3.71. The highest BCUT2D eigenvalue weighted by Crippen LogP contribution is 2.38. The van der Waals surface area contributed by atoms with Gasteiger partial charge in [-0.25, -0.2) is 14.4 Å². The summed E-state index contributed by atoms with van der Waals surface area (Å²) < 4.78 is 19.3. The van der Waals surface area contributed by atoms with Crippen molar-refractivity contribution in [3.63, 3.8) is 0 Å².